The van der Waals surface area contributed by atoms with E-state index in [2.05, 4.69) is 0 Å². The maximum Gasteiger partial charge on any atom is 0.391 e. The number of hydrogen-bond donors (Lipinski definition) is 0. The summed E-state index contributed by atoms with van der Waals surface area (Å²) in [6.45, 7) is 0.424. The first-order valence-electron chi connectivity index (χ1n) is 5.25. The van der Waals surface area contributed by atoms with Crippen molar-refractivity contribution in [2.75, 3.05) is 20.3 Å². The number of ether oxygens (including phenoxy) is 2. The summed E-state index contributed by atoms with van der Waals surface area (Å²) >= 11 is 0. The molecule has 0 aliphatic rings. The first-order valence-corrected chi connectivity index (χ1v) is 5.25. The Morgan fingerprint density at radius 2 is 1.76 bits per heavy atom. The van der Waals surface area contributed by atoms with Gasteiger partial charge < -0.3 is 9.47 Å². The standard InChI is InChI=1S/C12H15F3O2/c1-16-7-8-17-11(9-12(13,14)15)10-5-3-2-4-6-10/h2-6,11H,7-9H2,1H3/t11-/m1/s1. The van der Waals surface area contributed by atoms with Crippen molar-refractivity contribution >= 4 is 0 Å². The van der Waals surface area contributed by atoms with Crippen molar-refractivity contribution in [3.05, 3.63) is 35.9 Å². The molecule has 96 valence electrons. The molecule has 1 aromatic rings. The van der Waals surface area contributed by atoms with Crippen molar-refractivity contribution in [3.8, 4) is 0 Å². The lowest BCUT2D eigenvalue weighted by Gasteiger charge is -2.19. The van der Waals surface area contributed by atoms with Gasteiger partial charge in [-0.1, -0.05) is 30.3 Å². The van der Waals surface area contributed by atoms with Gasteiger partial charge in [-0.15, -0.1) is 0 Å². The third kappa shape index (κ3) is 5.70. The van der Waals surface area contributed by atoms with Crippen LogP contribution in [0.15, 0.2) is 30.3 Å². The molecular formula is C12H15F3O2. The molecule has 0 saturated heterocycles. The SMILES string of the molecule is COCCO[C@H](CC(F)(F)F)c1ccccc1. The predicted molar refractivity (Wildman–Crippen MR) is 57.7 cm³/mol. The van der Waals surface area contributed by atoms with E-state index >= 15 is 0 Å². The third-order valence-corrected chi connectivity index (χ3v) is 2.19. The molecule has 0 unspecified atom stereocenters. The topological polar surface area (TPSA) is 18.5 Å². The van der Waals surface area contributed by atoms with Gasteiger partial charge in [-0.3, -0.25) is 0 Å². The second-order valence-electron chi connectivity index (χ2n) is 3.58. The molecule has 1 aromatic carbocycles. The highest BCUT2D eigenvalue weighted by Crippen LogP contribution is 2.31. The normalized spacial score (nSPS) is 13.6. The Balaban J connectivity index is 2.65. The molecule has 0 N–H and O–H groups in total. The lowest BCUT2D eigenvalue weighted by atomic mass is 10.1. The van der Waals surface area contributed by atoms with E-state index in [4.69, 9.17) is 9.47 Å². The molecule has 1 atom stereocenters. The summed E-state index contributed by atoms with van der Waals surface area (Å²) in [4.78, 5) is 0. The Bertz CT molecular complexity index is 311. The summed E-state index contributed by atoms with van der Waals surface area (Å²) in [5.41, 5.74) is 0.529. The number of methoxy groups -OCH3 is 1. The van der Waals surface area contributed by atoms with Gasteiger partial charge in [0.15, 0.2) is 0 Å². The van der Waals surface area contributed by atoms with Gasteiger partial charge in [-0.05, 0) is 5.56 Å². The minimum absolute atomic E-state index is 0.145. The minimum Gasteiger partial charge on any atom is -0.382 e. The van der Waals surface area contributed by atoms with Gasteiger partial charge in [0.05, 0.1) is 25.7 Å². The fourth-order valence-electron chi connectivity index (χ4n) is 1.42. The molecular weight excluding hydrogens is 233 g/mol. The van der Waals surface area contributed by atoms with Crippen LogP contribution in [0.3, 0.4) is 0 Å². The smallest absolute Gasteiger partial charge is 0.382 e. The highest BCUT2D eigenvalue weighted by Gasteiger charge is 2.33. The average Bonchev–Trinajstić information content (AvgIpc) is 2.28. The quantitative estimate of drug-likeness (QED) is 0.719. The fraction of sp³-hybridized carbons (Fsp3) is 0.500. The Labute approximate surface area is 98.3 Å². The van der Waals surface area contributed by atoms with Crippen molar-refractivity contribution in [2.24, 2.45) is 0 Å². The molecule has 0 aliphatic carbocycles. The van der Waals surface area contributed by atoms with Crippen LogP contribution in [-0.4, -0.2) is 26.5 Å². The van der Waals surface area contributed by atoms with Gasteiger partial charge in [0.1, 0.15) is 0 Å². The van der Waals surface area contributed by atoms with E-state index in [1.54, 1.807) is 30.3 Å². The van der Waals surface area contributed by atoms with Gasteiger partial charge >= 0.3 is 6.18 Å². The van der Waals surface area contributed by atoms with Crippen molar-refractivity contribution in [1.82, 2.24) is 0 Å². The number of benzene rings is 1. The maximum atomic E-state index is 12.4. The van der Waals surface area contributed by atoms with Crippen LogP contribution in [0.2, 0.25) is 0 Å². The summed E-state index contributed by atoms with van der Waals surface area (Å²) in [5, 5.41) is 0. The number of rotatable bonds is 6. The first kappa shape index (κ1) is 14.0. The highest BCUT2D eigenvalue weighted by molar-refractivity contribution is 5.17. The van der Waals surface area contributed by atoms with Crippen molar-refractivity contribution < 1.29 is 22.6 Å². The molecule has 0 bridgehead atoms. The molecule has 1 rings (SSSR count). The number of alkyl halides is 3. The van der Waals surface area contributed by atoms with Crippen LogP contribution < -0.4 is 0 Å². The van der Waals surface area contributed by atoms with E-state index in [9.17, 15) is 13.2 Å². The zero-order valence-electron chi connectivity index (χ0n) is 9.54. The second-order valence-corrected chi connectivity index (χ2v) is 3.58. The Hall–Kier alpha value is -1.07. The van der Waals surface area contributed by atoms with E-state index in [1.165, 1.54) is 7.11 Å². The van der Waals surface area contributed by atoms with Crippen LogP contribution in [-0.2, 0) is 9.47 Å². The zero-order chi connectivity index (χ0) is 12.7. The number of halogens is 3. The van der Waals surface area contributed by atoms with Crippen molar-refractivity contribution in [3.63, 3.8) is 0 Å². The van der Waals surface area contributed by atoms with Gasteiger partial charge in [-0.2, -0.15) is 13.2 Å². The summed E-state index contributed by atoms with van der Waals surface area (Å²) in [7, 11) is 1.48. The third-order valence-electron chi connectivity index (χ3n) is 2.19. The van der Waals surface area contributed by atoms with Gasteiger partial charge in [0.2, 0.25) is 0 Å². The average molecular weight is 248 g/mol. The lowest BCUT2D eigenvalue weighted by molar-refractivity contribution is -0.163. The molecule has 0 spiro atoms. The van der Waals surface area contributed by atoms with Crippen LogP contribution in [0.4, 0.5) is 13.2 Å². The largest absolute Gasteiger partial charge is 0.391 e. The lowest BCUT2D eigenvalue weighted by Crippen LogP contribution is -2.18. The zero-order valence-corrected chi connectivity index (χ0v) is 9.54. The van der Waals surface area contributed by atoms with E-state index < -0.39 is 18.7 Å². The predicted octanol–water partition coefficient (Wildman–Crippen LogP) is 3.34. The Morgan fingerprint density at radius 3 is 2.29 bits per heavy atom. The van der Waals surface area contributed by atoms with Crippen LogP contribution >= 0.6 is 0 Å². The van der Waals surface area contributed by atoms with E-state index in [0.717, 1.165) is 0 Å². The maximum absolute atomic E-state index is 12.4. The molecule has 0 radical (unpaired) electrons. The molecule has 17 heavy (non-hydrogen) atoms. The van der Waals surface area contributed by atoms with Crippen LogP contribution in [0, 0.1) is 0 Å². The van der Waals surface area contributed by atoms with Gasteiger partial charge in [-0.25, -0.2) is 0 Å². The number of hydrogen-bond acceptors (Lipinski definition) is 2. The molecule has 2 nitrogen and oxygen atoms in total. The van der Waals surface area contributed by atoms with E-state index in [-0.39, 0.29) is 13.2 Å². The van der Waals surface area contributed by atoms with Crippen LogP contribution in [0.5, 0.6) is 0 Å². The molecule has 0 fully saturated rings. The first-order chi connectivity index (χ1) is 8.03. The molecule has 5 heteroatoms. The summed E-state index contributed by atoms with van der Waals surface area (Å²) in [5.74, 6) is 0. The summed E-state index contributed by atoms with van der Waals surface area (Å²) < 4.78 is 47.1. The minimum atomic E-state index is -4.24. The molecule has 0 amide bonds. The van der Waals surface area contributed by atoms with E-state index in [0.29, 0.717) is 5.56 Å². The summed E-state index contributed by atoms with van der Waals surface area (Å²) in [6.07, 6.45) is -6.19. The molecule has 0 aliphatic heterocycles. The fourth-order valence-corrected chi connectivity index (χ4v) is 1.42. The van der Waals surface area contributed by atoms with Crippen molar-refractivity contribution in [2.45, 2.75) is 18.7 Å². The van der Waals surface area contributed by atoms with Gasteiger partial charge in [0, 0.05) is 7.11 Å². The van der Waals surface area contributed by atoms with Crippen molar-refractivity contribution in [1.29, 1.82) is 0 Å². The van der Waals surface area contributed by atoms with E-state index in [1.807, 2.05) is 0 Å². The van der Waals surface area contributed by atoms with Gasteiger partial charge in [0.25, 0.3) is 0 Å². The molecule has 0 heterocycles. The molecule has 0 saturated carbocycles. The molecule has 0 aromatic heterocycles. The van der Waals surface area contributed by atoms with Crippen LogP contribution in [0.25, 0.3) is 0 Å². The Kier molecular flexibility index (Phi) is 5.44. The Morgan fingerprint density at radius 1 is 1.12 bits per heavy atom. The summed E-state index contributed by atoms with van der Waals surface area (Å²) in [6, 6.07) is 8.40. The van der Waals surface area contributed by atoms with Crippen LogP contribution in [0.1, 0.15) is 18.1 Å². The monoisotopic (exact) mass is 248 g/mol. The highest BCUT2D eigenvalue weighted by atomic mass is 19.4. The second kappa shape index (κ2) is 6.61.